The fourth-order valence-corrected chi connectivity index (χ4v) is 1.75. The zero-order valence-corrected chi connectivity index (χ0v) is 11.7. The Morgan fingerprint density at radius 2 is 2.35 bits per heavy atom. The van der Waals surface area contributed by atoms with Gasteiger partial charge in [0.05, 0.1) is 37.3 Å². The first-order valence-electron chi connectivity index (χ1n) is 5.97. The van der Waals surface area contributed by atoms with Crippen LogP contribution in [0.4, 0.5) is 5.69 Å². The first-order chi connectivity index (χ1) is 9.72. The molecular formula is C12H14ClN5O2. The molecule has 0 amide bonds. The molecule has 7 nitrogen and oxygen atoms in total. The van der Waals surface area contributed by atoms with Crippen molar-refractivity contribution < 1.29 is 4.74 Å². The average molecular weight is 296 g/mol. The van der Waals surface area contributed by atoms with Crippen LogP contribution in [-0.4, -0.2) is 33.7 Å². The molecule has 0 unspecified atom stereocenters. The molecule has 20 heavy (non-hydrogen) atoms. The molecule has 2 aromatic heterocycles. The number of aromatic nitrogens is 4. The molecular weight excluding hydrogens is 282 g/mol. The maximum absolute atomic E-state index is 12.0. The molecule has 0 aliphatic rings. The van der Waals surface area contributed by atoms with Crippen LogP contribution in [-0.2, 0) is 17.8 Å². The molecule has 0 aliphatic heterocycles. The minimum Gasteiger partial charge on any atom is -0.383 e. The number of halogens is 1. The van der Waals surface area contributed by atoms with Gasteiger partial charge in [0.15, 0.2) is 0 Å². The second-order valence-electron chi connectivity index (χ2n) is 3.96. The van der Waals surface area contributed by atoms with E-state index in [2.05, 4.69) is 20.6 Å². The molecule has 0 atom stereocenters. The van der Waals surface area contributed by atoms with Crippen molar-refractivity contribution in [1.29, 1.82) is 0 Å². The van der Waals surface area contributed by atoms with Gasteiger partial charge in [0, 0.05) is 13.3 Å². The van der Waals surface area contributed by atoms with Gasteiger partial charge in [-0.05, 0) is 12.1 Å². The first-order valence-corrected chi connectivity index (χ1v) is 6.35. The Hall–Kier alpha value is -1.99. The summed E-state index contributed by atoms with van der Waals surface area (Å²) in [6.45, 7) is 1.17. The number of methoxy groups -OCH3 is 1. The zero-order chi connectivity index (χ0) is 14.4. The molecule has 0 bridgehead atoms. The normalized spacial score (nSPS) is 10.5. The highest BCUT2D eigenvalue weighted by molar-refractivity contribution is 6.32. The summed E-state index contributed by atoms with van der Waals surface area (Å²) < 4.78 is 6.17. The molecule has 0 saturated carbocycles. The zero-order valence-electron chi connectivity index (χ0n) is 10.9. The van der Waals surface area contributed by atoms with Crippen molar-refractivity contribution in [3.63, 3.8) is 0 Å². The van der Waals surface area contributed by atoms with Gasteiger partial charge in [-0.25, -0.2) is 4.68 Å². The number of ether oxygens (including phenoxy) is 1. The summed E-state index contributed by atoms with van der Waals surface area (Å²) in [7, 11) is 1.56. The predicted molar refractivity (Wildman–Crippen MR) is 74.7 cm³/mol. The Labute approximate surface area is 120 Å². The van der Waals surface area contributed by atoms with E-state index in [9.17, 15) is 4.79 Å². The molecule has 0 fully saturated rings. The topological polar surface area (TPSA) is 81.9 Å². The van der Waals surface area contributed by atoms with Crippen LogP contribution in [0.25, 0.3) is 0 Å². The summed E-state index contributed by atoms with van der Waals surface area (Å²) in [6, 6.07) is 3.60. The maximum Gasteiger partial charge on any atom is 0.287 e. The highest BCUT2D eigenvalue weighted by Crippen LogP contribution is 2.15. The summed E-state index contributed by atoms with van der Waals surface area (Å²) in [5.41, 5.74) is 0.857. The van der Waals surface area contributed by atoms with Crippen molar-refractivity contribution in [2.24, 2.45) is 0 Å². The van der Waals surface area contributed by atoms with E-state index in [1.165, 1.54) is 10.9 Å². The lowest BCUT2D eigenvalue weighted by atomic mass is 10.3. The monoisotopic (exact) mass is 295 g/mol. The Morgan fingerprint density at radius 3 is 3.05 bits per heavy atom. The van der Waals surface area contributed by atoms with Gasteiger partial charge in [-0.3, -0.25) is 4.79 Å². The summed E-state index contributed by atoms with van der Waals surface area (Å²) in [4.78, 5) is 12.0. The summed E-state index contributed by atoms with van der Waals surface area (Å²) in [5.74, 6) is 0. The van der Waals surface area contributed by atoms with Crippen molar-refractivity contribution in [3.8, 4) is 0 Å². The van der Waals surface area contributed by atoms with E-state index in [-0.39, 0.29) is 10.6 Å². The van der Waals surface area contributed by atoms with Gasteiger partial charge < -0.3 is 10.1 Å². The molecule has 106 valence electrons. The third-order valence-corrected chi connectivity index (χ3v) is 2.94. The van der Waals surface area contributed by atoms with Gasteiger partial charge in [0.1, 0.15) is 5.02 Å². The van der Waals surface area contributed by atoms with Crippen LogP contribution in [0.1, 0.15) is 5.69 Å². The third kappa shape index (κ3) is 3.52. The largest absolute Gasteiger partial charge is 0.383 e. The van der Waals surface area contributed by atoms with Crippen LogP contribution in [0.3, 0.4) is 0 Å². The average Bonchev–Trinajstić information content (AvgIpc) is 2.49. The van der Waals surface area contributed by atoms with E-state index in [0.29, 0.717) is 25.4 Å². The molecule has 8 heteroatoms. The van der Waals surface area contributed by atoms with Gasteiger partial charge in [-0.2, -0.15) is 15.3 Å². The molecule has 0 spiro atoms. The number of nitrogens with one attached hydrogen (secondary N) is 1. The Bertz CT molecular complexity index is 617. The Balaban J connectivity index is 2.09. The standard InChI is InChI=1S/C12H14ClN5O2/c1-20-6-5-18-12(19)11(13)10(8-16-18)14-7-9-3-2-4-15-17-9/h2-4,8,14H,5-7H2,1H3. The van der Waals surface area contributed by atoms with Crippen molar-refractivity contribution in [2.75, 3.05) is 19.0 Å². The van der Waals surface area contributed by atoms with Gasteiger partial charge in [0.2, 0.25) is 0 Å². The van der Waals surface area contributed by atoms with Crippen LogP contribution in [0.2, 0.25) is 5.02 Å². The number of hydrogen-bond donors (Lipinski definition) is 1. The highest BCUT2D eigenvalue weighted by Gasteiger charge is 2.09. The van der Waals surface area contributed by atoms with E-state index in [1.54, 1.807) is 19.4 Å². The second-order valence-corrected chi connectivity index (χ2v) is 4.34. The van der Waals surface area contributed by atoms with Crippen LogP contribution in [0.15, 0.2) is 29.3 Å². The number of rotatable bonds is 6. The molecule has 2 rings (SSSR count). The van der Waals surface area contributed by atoms with E-state index in [0.717, 1.165) is 5.69 Å². The number of hydrogen-bond acceptors (Lipinski definition) is 6. The minimum atomic E-state index is -0.354. The van der Waals surface area contributed by atoms with E-state index in [4.69, 9.17) is 16.3 Å². The van der Waals surface area contributed by atoms with Crippen molar-refractivity contribution in [2.45, 2.75) is 13.1 Å². The van der Waals surface area contributed by atoms with Gasteiger partial charge >= 0.3 is 0 Å². The lowest BCUT2D eigenvalue weighted by Crippen LogP contribution is -2.26. The smallest absolute Gasteiger partial charge is 0.287 e. The molecule has 0 radical (unpaired) electrons. The number of anilines is 1. The maximum atomic E-state index is 12.0. The van der Waals surface area contributed by atoms with E-state index >= 15 is 0 Å². The fourth-order valence-electron chi connectivity index (χ4n) is 1.54. The van der Waals surface area contributed by atoms with E-state index < -0.39 is 0 Å². The molecule has 2 heterocycles. The van der Waals surface area contributed by atoms with Crippen molar-refractivity contribution in [1.82, 2.24) is 20.0 Å². The molecule has 1 N–H and O–H groups in total. The lowest BCUT2D eigenvalue weighted by Gasteiger charge is -2.09. The highest BCUT2D eigenvalue weighted by atomic mass is 35.5. The molecule has 0 saturated heterocycles. The quantitative estimate of drug-likeness (QED) is 0.854. The van der Waals surface area contributed by atoms with Gasteiger partial charge in [-0.15, -0.1) is 0 Å². The lowest BCUT2D eigenvalue weighted by molar-refractivity contribution is 0.182. The minimum absolute atomic E-state index is 0.0972. The van der Waals surface area contributed by atoms with Crippen LogP contribution in [0.5, 0.6) is 0 Å². The molecule has 0 aliphatic carbocycles. The van der Waals surface area contributed by atoms with Crippen LogP contribution in [0, 0.1) is 0 Å². The first kappa shape index (κ1) is 14.4. The van der Waals surface area contributed by atoms with Crippen LogP contribution < -0.4 is 10.9 Å². The number of nitrogens with zero attached hydrogens (tertiary/aromatic N) is 4. The van der Waals surface area contributed by atoms with Crippen molar-refractivity contribution >= 4 is 17.3 Å². The summed E-state index contributed by atoms with van der Waals surface area (Å²) >= 11 is 6.03. The van der Waals surface area contributed by atoms with Crippen molar-refractivity contribution in [3.05, 3.63) is 45.6 Å². The molecule has 2 aromatic rings. The Morgan fingerprint density at radius 1 is 1.50 bits per heavy atom. The van der Waals surface area contributed by atoms with Gasteiger partial charge in [-0.1, -0.05) is 11.6 Å². The fraction of sp³-hybridized carbons (Fsp3) is 0.333. The second kappa shape index (κ2) is 6.97. The molecule has 0 aromatic carbocycles. The predicted octanol–water partition coefficient (Wildman–Crippen LogP) is 0.945. The summed E-state index contributed by atoms with van der Waals surface area (Å²) in [6.07, 6.45) is 3.10. The van der Waals surface area contributed by atoms with Crippen LogP contribution >= 0.6 is 11.6 Å². The third-order valence-electron chi connectivity index (χ3n) is 2.58. The van der Waals surface area contributed by atoms with E-state index in [1.807, 2.05) is 6.07 Å². The Kier molecular flexibility index (Phi) is 5.03. The SMILES string of the molecule is COCCn1ncc(NCc2cccnn2)c(Cl)c1=O. The summed E-state index contributed by atoms with van der Waals surface area (Å²) in [5, 5.41) is 14.8. The van der Waals surface area contributed by atoms with Gasteiger partial charge in [0.25, 0.3) is 5.56 Å².